The molecule has 6 nitrogen and oxygen atoms in total. The predicted octanol–water partition coefficient (Wildman–Crippen LogP) is 3.30. The third-order valence-corrected chi connectivity index (χ3v) is 5.59. The van der Waals surface area contributed by atoms with Crippen molar-refractivity contribution < 1.29 is 14.3 Å². The number of nitrogens with zero attached hydrogens (tertiary/aromatic N) is 2. The number of amides is 1. The Morgan fingerprint density at radius 1 is 1.26 bits per heavy atom. The van der Waals surface area contributed by atoms with Crippen LogP contribution in [0.3, 0.4) is 0 Å². The second-order valence-corrected chi connectivity index (χ2v) is 7.31. The Bertz CT molecular complexity index is 980. The molecular weight excluding hydrogens is 362 g/mol. The van der Waals surface area contributed by atoms with E-state index < -0.39 is 5.91 Å². The first-order valence-corrected chi connectivity index (χ1v) is 9.77. The molecule has 0 bridgehead atoms. The Balaban J connectivity index is 1.81. The zero-order chi connectivity index (χ0) is 18.8. The van der Waals surface area contributed by atoms with E-state index in [0.717, 1.165) is 45.3 Å². The van der Waals surface area contributed by atoms with Gasteiger partial charge in [-0.25, -0.2) is 4.98 Å². The summed E-state index contributed by atoms with van der Waals surface area (Å²) in [6, 6.07) is 11.5. The third kappa shape index (κ3) is 3.61. The molecule has 4 rings (SSSR count). The number of primary amides is 1. The summed E-state index contributed by atoms with van der Waals surface area (Å²) in [5.74, 6) is 0.393. The highest BCUT2D eigenvalue weighted by Gasteiger charge is 2.19. The molecule has 1 fully saturated rings. The SMILES string of the molecule is CCOc1ccc2nc(-c3cc(C(N)=O)ccc3N3CCOCC3)sc2c1. The van der Waals surface area contributed by atoms with Gasteiger partial charge in [-0.15, -0.1) is 11.3 Å². The average molecular weight is 383 g/mol. The van der Waals surface area contributed by atoms with Crippen LogP contribution in [0.4, 0.5) is 5.69 Å². The lowest BCUT2D eigenvalue weighted by atomic mass is 10.1. The van der Waals surface area contributed by atoms with Crippen LogP contribution in [0.25, 0.3) is 20.8 Å². The minimum atomic E-state index is -0.440. The molecule has 0 aliphatic carbocycles. The van der Waals surface area contributed by atoms with Crippen LogP contribution in [0.5, 0.6) is 5.75 Å². The van der Waals surface area contributed by atoms with Crippen LogP contribution in [-0.2, 0) is 4.74 Å². The number of ether oxygens (including phenoxy) is 2. The van der Waals surface area contributed by atoms with Crippen molar-refractivity contribution in [2.24, 2.45) is 5.73 Å². The number of rotatable bonds is 5. The largest absolute Gasteiger partial charge is 0.494 e. The molecule has 27 heavy (non-hydrogen) atoms. The number of anilines is 1. The van der Waals surface area contributed by atoms with Crippen LogP contribution in [0.15, 0.2) is 36.4 Å². The lowest BCUT2D eigenvalue weighted by Crippen LogP contribution is -2.36. The van der Waals surface area contributed by atoms with E-state index in [0.29, 0.717) is 25.4 Å². The summed E-state index contributed by atoms with van der Waals surface area (Å²) in [5, 5.41) is 0.864. The number of thiazole rings is 1. The molecule has 1 aliphatic heterocycles. The molecule has 1 saturated heterocycles. The fraction of sp³-hybridized carbons (Fsp3) is 0.300. The van der Waals surface area contributed by atoms with Crippen LogP contribution >= 0.6 is 11.3 Å². The van der Waals surface area contributed by atoms with E-state index in [-0.39, 0.29) is 0 Å². The van der Waals surface area contributed by atoms with Gasteiger partial charge in [0.15, 0.2) is 0 Å². The van der Waals surface area contributed by atoms with Crippen molar-refractivity contribution in [1.82, 2.24) is 4.98 Å². The molecule has 7 heteroatoms. The highest BCUT2D eigenvalue weighted by molar-refractivity contribution is 7.21. The second kappa shape index (κ2) is 7.54. The standard InChI is InChI=1S/C20H21N3O3S/c1-2-26-14-4-5-16-18(12-14)27-20(22-16)15-11-13(19(21)24)3-6-17(15)23-7-9-25-10-8-23/h3-6,11-12H,2,7-10H2,1H3,(H2,21,24). The van der Waals surface area contributed by atoms with Gasteiger partial charge in [-0.2, -0.15) is 0 Å². The van der Waals surface area contributed by atoms with Crippen LogP contribution in [0.2, 0.25) is 0 Å². The van der Waals surface area contributed by atoms with Gasteiger partial charge in [0.25, 0.3) is 0 Å². The molecule has 0 spiro atoms. The molecule has 1 aromatic heterocycles. The summed E-state index contributed by atoms with van der Waals surface area (Å²) in [6.45, 7) is 5.58. The van der Waals surface area contributed by atoms with Gasteiger partial charge in [0, 0.05) is 29.9 Å². The first-order valence-electron chi connectivity index (χ1n) is 8.96. The molecule has 0 atom stereocenters. The Morgan fingerprint density at radius 2 is 2.07 bits per heavy atom. The number of benzene rings is 2. The van der Waals surface area contributed by atoms with Crippen LogP contribution in [0, 0.1) is 0 Å². The van der Waals surface area contributed by atoms with Crippen molar-refractivity contribution in [3.05, 3.63) is 42.0 Å². The Morgan fingerprint density at radius 3 is 2.81 bits per heavy atom. The van der Waals surface area contributed by atoms with Crippen molar-refractivity contribution in [2.45, 2.75) is 6.92 Å². The van der Waals surface area contributed by atoms with Crippen molar-refractivity contribution in [2.75, 3.05) is 37.8 Å². The zero-order valence-corrected chi connectivity index (χ0v) is 15.9. The maximum atomic E-state index is 11.7. The van der Waals surface area contributed by atoms with E-state index >= 15 is 0 Å². The maximum Gasteiger partial charge on any atom is 0.248 e. The maximum absolute atomic E-state index is 11.7. The van der Waals surface area contributed by atoms with Gasteiger partial charge in [-0.1, -0.05) is 0 Å². The zero-order valence-electron chi connectivity index (χ0n) is 15.1. The van der Waals surface area contributed by atoms with Crippen molar-refractivity contribution in [3.8, 4) is 16.3 Å². The molecular formula is C20H21N3O3S. The fourth-order valence-corrected chi connectivity index (χ4v) is 4.24. The minimum absolute atomic E-state index is 0.440. The second-order valence-electron chi connectivity index (χ2n) is 6.28. The summed E-state index contributed by atoms with van der Waals surface area (Å²) in [5.41, 5.74) is 8.88. The first-order chi connectivity index (χ1) is 13.2. The number of morpholine rings is 1. The van der Waals surface area contributed by atoms with Gasteiger partial charge in [-0.05, 0) is 43.3 Å². The van der Waals surface area contributed by atoms with E-state index in [1.165, 1.54) is 0 Å². The summed E-state index contributed by atoms with van der Waals surface area (Å²) in [7, 11) is 0. The predicted molar refractivity (Wildman–Crippen MR) is 108 cm³/mol. The van der Waals surface area contributed by atoms with Crippen LogP contribution < -0.4 is 15.4 Å². The van der Waals surface area contributed by atoms with Gasteiger partial charge in [-0.3, -0.25) is 4.79 Å². The Labute approximate surface area is 161 Å². The van der Waals surface area contributed by atoms with Gasteiger partial charge in [0.1, 0.15) is 10.8 Å². The topological polar surface area (TPSA) is 77.7 Å². The number of hydrogen-bond acceptors (Lipinski definition) is 6. The summed E-state index contributed by atoms with van der Waals surface area (Å²) < 4.78 is 12.1. The number of aromatic nitrogens is 1. The van der Waals surface area contributed by atoms with E-state index in [9.17, 15) is 4.79 Å². The molecule has 0 unspecified atom stereocenters. The number of hydrogen-bond donors (Lipinski definition) is 1. The van der Waals surface area contributed by atoms with E-state index in [4.69, 9.17) is 20.2 Å². The number of carbonyl (C=O) groups excluding carboxylic acids is 1. The quantitative estimate of drug-likeness (QED) is 0.731. The normalized spacial score (nSPS) is 14.5. The fourth-order valence-electron chi connectivity index (χ4n) is 3.22. The monoisotopic (exact) mass is 383 g/mol. The minimum Gasteiger partial charge on any atom is -0.494 e. The van der Waals surface area contributed by atoms with Gasteiger partial charge in [0.05, 0.1) is 30.0 Å². The summed E-state index contributed by atoms with van der Waals surface area (Å²) in [4.78, 5) is 18.8. The summed E-state index contributed by atoms with van der Waals surface area (Å²) in [6.07, 6.45) is 0. The van der Waals surface area contributed by atoms with E-state index in [1.807, 2.05) is 37.3 Å². The lowest BCUT2D eigenvalue weighted by Gasteiger charge is -2.30. The smallest absolute Gasteiger partial charge is 0.248 e. The molecule has 0 radical (unpaired) electrons. The molecule has 1 aliphatic rings. The average Bonchev–Trinajstić information content (AvgIpc) is 3.12. The lowest BCUT2D eigenvalue weighted by molar-refractivity contribution is 0.1000. The molecule has 2 N–H and O–H groups in total. The molecule has 140 valence electrons. The van der Waals surface area contributed by atoms with Crippen molar-refractivity contribution in [1.29, 1.82) is 0 Å². The highest BCUT2D eigenvalue weighted by Crippen LogP contribution is 2.38. The van der Waals surface area contributed by atoms with E-state index in [2.05, 4.69) is 4.90 Å². The molecule has 2 aromatic carbocycles. The molecule has 1 amide bonds. The third-order valence-electron chi connectivity index (χ3n) is 4.53. The number of carbonyl (C=O) groups is 1. The first kappa shape index (κ1) is 17.8. The van der Waals surface area contributed by atoms with E-state index in [1.54, 1.807) is 17.4 Å². The Hall–Kier alpha value is -2.64. The Kier molecular flexibility index (Phi) is 4.96. The molecule has 2 heterocycles. The van der Waals surface area contributed by atoms with Crippen LogP contribution in [0.1, 0.15) is 17.3 Å². The number of fused-ring (bicyclic) bond motifs is 1. The molecule has 0 saturated carbocycles. The van der Waals surface area contributed by atoms with Crippen molar-refractivity contribution in [3.63, 3.8) is 0 Å². The van der Waals surface area contributed by atoms with Crippen molar-refractivity contribution >= 4 is 33.1 Å². The van der Waals surface area contributed by atoms with Gasteiger partial charge < -0.3 is 20.1 Å². The molecule has 3 aromatic rings. The summed E-state index contributed by atoms with van der Waals surface area (Å²) >= 11 is 1.59. The van der Waals surface area contributed by atoms with Gasteiger partial charge in [0.2, 0.25) is 5.91 Å². The highest BCUT2D eigenvalue weighted by atomic mass is 32.1. The number of nitrogens with two attached hydrogens (primary N) is 1. The van der Waals surface area contributed by atoms with Gasteiger partial charge >= 0.3 is 0 Å². The van der Waals surface area contributed by atoms with Crippen LogP contribution in [-0.4, -0.2) is 43.8 Å².